The molecule has 21 heavy (non-hydrogen) atoms. The molecule has 1 aromatic carbocycles. The summed E-state index contributed by atoms with van der Waals surface area (Å²) in [5.74, 6) is -0.197. The van der Waals surface area contributed by atoms with Crippen LogP contribution >= 0.6 is 33.9 Å². The van der Waals surface area contributed by atoms with Crippen LogP contribution in [0.3, 0.4) is 0 Å². The minimum Gasteiger partial charge on any atom is -0.406 e. The van der Waals surface area contributed by atoms with Crippen molar-refractivity contribution < 1.29 is 17.9 Å². The summed E-state index contributed by atoms with van der Waals surface area (Å²) >= 11 is 3.93. The van der Waals surface area contributed by atoms with Crippen molar-refractivity contribution in [3.05, 3.63) is 49.7 Å². The average Bonchev–Trinajstić information content (AvgIpc) is 2.82. The van der Waals surface area contributed by atoms with Gasteiger partial charge in [0, 0.05) is 6.04 Å². The van der Waals surface area contributed by atoms with Gasteiger partial charge < -0.3 is 10.1 Å². The zero-order chi connectivity index (χ0) is 15.5. The van der Waals surface area contributed by atoms with Gasteiger partial charge in [0.15, 0.2) is 0 Å². The largest absolute Gasteiger partial charge is 0.573 e. The highest BCUT2D eigenvalue weighted by atomic mass is 127. The highest BCUT2D eigenvalue weighted by molar-refractivity contribution is 14.1. The quantitative estimate of drug-likeness (QED) is 0.696. The number of halogens is 4. The van der Waals surface area contributed by atoms with E-state index in [0.29, 0.717) is 6.42 Å². The molecular formula is C14H13F3INOS. The Morgan fingerprint density at radius 2 is 1.95 bits per heavy atom. The Hall–Kier alpha value is -0.800. The summed E-state index contributed by atoms with van der Waals surface area (Å²) in [5, 5.41) is 5.31. The normalized spacial score (nSPS) is 13.2. The van der Waals surface area contributed by atoms with E-state index in [2.05, 4.69) is 44.1 Å². The van der Waals surface area contributed by atoms with Gasteiger partial charge in [0.05, 0.1) is 2.88 Å². The Kier molecular flexibility index (Phi) is 5.50. The number of nitrogens with one attached hydrogen (secondary N) is 1. The number of ether oxygens (including phenoxy) is 1. The van der Waals surface area contributed by atoms with Gasteiger partial charge in [-0.05, 0) is 70.8 Å². The second-order valence-corrected chi connectivity index (χ2v) is 7.23. The van der Waals surface area contributed by atoms with E-state index in [1.165, 1.54) is 20.6 Å². The molecule has 0 aliphatic carbocycles. The number of alkyl halides is 3. The first-order chi connectivity index (χ1) is 9.87. The topological polar surface area (TPSA) is 21.3 Å². The maximum Gasteiger partial charge on any atom is 0.573 e. The van der Waals surface area contributed by atoms with Crippen molar-refractivity contribution in [2.45, 2.75) is 18.8 Å². The summed E-state index contributed by atoms with van der Waals surface area (Å²) in [4.78, 5) is 0. The highest BCUT2D eigenvalue weighted by Gasteiger charge is 2.30. The molecule has 0 spiro atoms. The van der Waals surface area contributed by atoms with Crippen LogP contribution in [-0.4, -0.2) is 13.4 Å². The predicted octanol–water partition coefficient (Wildman–Crippen LogP) is 4.75. The smallest absolute Gasteiger partial charge is 0.406 e. The minimum atomic E-state index is -4.65. The molecular weight excluding hydrogens is 414 g/mol. The Bertz CT molecular complexity index is 583. The van der Waals surface area contributed by atoms with Gasteiger partial charge in [0.2, 0.25) is 0 Å². The lowest BCUT2D eigenvalue weighted by Crippen LogP contribution is -2.18. The van der Waals surface area contributed by atoms with Gasteiger partial charge in [-0.3, -0.25) is 0 Å². The fourth-order valence-electron chi connectivity index (χ4n) is 1.96. The fraction of sp³-hybridized carbons (Fsp3) is 0.286. The molecule has 114 valence electrons. The van der Waals surface area contributed by atoms with Crippen molar-refractivity contribution in [2.75, 3.05) is 7.05 Å². The molecule has 0 saturated carbocycles. The number of hydrogen-bond donors (Lipinski definition) is 1. The van der Waals surface area contributed by atoms with Crippen LogP contribution in [0.5, 0.6) is 5.75 Å². The number of rotatable bonds is 5. The molecule has 0 aliphatic heterocycles. The van der Waals surface area contributed by atoms with Crippen molar-refractivity contribution in [2.24, 2.45) is 0 Å². The Morgan fingerprint density at radius 3 is 2.43 bits per heavy atom. The molecule has 1 N–H and O–H groups in total. The molecule has 0 bridgehead atoms. The summed E-state index contributed by atoms with van der Waals surface area (Å²) < 4.78 is 41.4. The second-order valence-electron chi connectivity index (χ2n) is 4.42. The highest BCUT2D eigenvalue weighted by Crippen LogP contribution is 2.27. The fourth-order valence-corrected chi connectivity index (χ4v) is 3.38. The van der Waals surface area contributed by atoms with Crippen LogP contribution in [0, 0.1) is 2.88 Å². The first-order valence-electron chi connectivity index (χ1n) is 6.13. The van der Waals surface area contributed by atoms with Gasteiger partial charge in [0.25, 0.3) is 0 Å². The standard InChI is InChI=1S/C14H13F3INOS/c1-19-12(10-7-13(18)21-8-10)6-9-2-4-11(5-3-9)20-14(15,16)17/h2-5,7-8,12,19H,6H2,1H3. The molecule has 2 aromatic rings. The predicted molar refractivity (Wildman–Crippen MR) is 85.7 cm³/mol. The summed E-state index contributed by atoms with van der Waals surface area (Å²) in [6, 6.07) is 8.23. The molecule has 0 radical (unpaired) electrons. The maximum absolute atomic E-state index is 12.1. The van der Waals surface area contributed by atoms with Crippen LogP contribution in [-0.2, 0) is 6.42 Å². The molecule has 1 unspecified atom stereocenters. The molecule has 7 heteroatoms. The Morgan fingerprint density at radius 1 is 1.29 bits per heavy atom. The van der Waals surface area contributed by atoms with Crippen LogP contribution in [0.2, 0.25) is 0 Å². The average molecular weight is 427 g/mol. The van der Waals surface area contributed by atoms with Gasteiger partial charge in [-0.15, -0.1) is 24.5 Å². The first-order valence-corrected chi connectivity index (χ1v) is 8.09. The van der Waals surface area contributed by atoms with E-state index >= 15 is 0 Å². The van der Waals surface area contributed by atoms with Crippen LogP contribution < -0.4 is 10.1 Å². The van der Waals surface area contributed by atoms with E-state index < -0.39 is 6.36 Å². The van der Waals surface area contributed by atoms with Crippen molar-refractivity contribution in [1.29, 1.82) is 0 Å². The lowest BCUT2D eigenvalue weighted by molar-refractivity contribution is -0.274. The third-order valence-electron chi connectivity index (χ3n) is 2.94. The minimum absolute atomic E-state index is 0.138. The number of thiophene rings is 1. The van der Waals surface area contributed by atoms with Gasteiger partial charge in [-0.25, -0.2) is 0 Å². The zero-order valence-electron chi connectivity index (χ0n) is 11.1. The summed E-state index contributed by atoms with van der Waals surface area (Å²) in [6.45, 7) is 0. The van der Waals surface area contributed by atoms with E-state index in [0.717, 1.165) is 5.56 Å². The van der Waals surface area contributed by atoms with Crippen LogP contribution in [0.4, 0.5) is 13.2 Å². The van der Waals surface area contributed by atoms with Crippen LogP contribution in [0.1, 0.15) is 17.2 Å². The maximum atomic E-state index is 12.1. The SMILES string of the molecule is CNC(Cc1ccc(OC(F)(F)F)cc1)c1csc(I)c1. The molecule has 2 rings (SSSR count). The summed E-state index contributed by atoms with van der Waals surface area (Å²) in [7, 11) is 1.87. The zero-order valence-corrected chi connectivity index (χ0v) is 14.1. The van der Waals surface area contributed by atoms with Crippen molar-refractivity contribution in [3.63, 3.8) is 0 Å². The first kappa shape index (κ1) is 16.6. The summed E-state index contributed by atoms with van der Waals surface area (Å²) in [5.41, 5.74) is 2.13. The van der Waals surface area contributed by atoms with Crippen molar-refractivity contribution in [3.8, 4) is 5.75 Å². The van der Waals surface area contributed by atoms with Crippen molar-refractivity contribution in [1.82, 2.24) is 5.32 Å². The van der Waals surface area contributed by atoms with Crippen LogP contribution in [0.15, 0.2) is 35.7 Å². The molecule has 0 amide bonds. The number of hydrogen-bond acceptors (Lipinski definition) is 3. The van der Waals surface area contributed by atoms with Crippen molar-refractivity contribution >= 4 is 33.9 Å². The van der Waals surface area contributed by atoms with E-state index in [1.54, 1.807) is 23.5 Å². The third kappa shape index (κ3) is 5.15. The lowest BCUT2D eigenvalue weighted by Gasteiger charge is -2.15. The molecule has 0 fully saturated rings. The molecule has 0 aliphatic rings. The third-order valence-corrected chi connectivity index (χ3v) is 4.74. The molecule has 1 aromatic heterocycles. The van der Waals surface area contributed by atoms with Crippen LogP contribution in [0.25, 0.3) is 0 Å². The summed E-state index contributed by atoms with van der Waals surface area (Å²) in [6.07, 6.45) is -3.95. The monoisotopic (exact) mass is 427 g/mol. The number of likely N-dealkylation sites (N-methyl/N-ethyl adjacent to an activating group) is 1. The van der Waals surface area contributed by atoms with Gasteiger partial charge in [-0.2, -0.15) is 0 Å². The molecule has 2 nitrogen and oxygen atoms in total. The van der Waals surface area contributed by atoms with Gasteiger partial charge in [0.1, 0.15) is 5.75 Å². The van der Waals surface area contributed by atoms with E-state index in [4.69, 9.17) is 0 Å². The van der Waals surface area contributed by atoms with Gasteiger partial charge >= 0.3 is 6.36 Å². The van der Waals surface area contributed by atoms with Gasteiger partial charge in [-0.1, -0.05) is 12.1 Å². The second kappa shape index (κ2) is 6.97. The van der Waals surface area contributed by atoms with E-state index in [9.17, 15) is 13.2 Å². The lowest BCUT2D eigenvalue weighted by atomic mass is 10.0. The molecule has 1 heterocycles. The number of benzene rings is 1. The van der Waals surface area contributed by atoms with E-state index in [1.807, 2.05) is 7.05 Å². The molecule has 0 saturated heterocycles. The Balaban J connectivity index is 2.05. The van der Waals surface area contributed by atoms with E-state index in [-0.39, 0.29) is 11.8 Å². The molecule has 1 atom stereocenters. The Labute approximate surface area is 138 Å².